The second-order valence-electron chi connectivity index (χ2n) is 4.76. The summed E-state index contributed by atoms with van der Waals surface area (Å²) in [6.07, 6.45) is 2.65. The lowest BCUT2D eigenvalue weighted by molar-refractivity contribution is 0.102. The minimum absolute atomic E-state index is 0.244. The first kappa shape index (κ1) is 14.4. The Morgan fingerprint density at radius 2 is 2.00 bits per heavy atom. The Bertz CT molecular complexity index is 766. The molecule has 0 aliphatic carbocycles. The summed E-state index contributed by atoms with van der Waals surface area (Å²) >= 11 is 1.46. The third-order valence-electron chi connectivity index (χ3n) is 3.25. The van der Waals surface area contributed by atoms with E-state index >= 15 is 0 Å². The van der Waals surface area contributed by atoms with Gasteiger partial charge in [0.25, 0.3) is 5.91 Å². The summed E-state index contributed by atoms with van der Waals surface area (Å²) in [5.74, 6) is 0.278. The van der Waals surface area contributed by atoms with Gasteiger partial charge >= 0.3 is 0 Å². The topological polar surface area (TPSA) is 54.9 Å². The minimum atomic E-state index is -0.244. The van der Waals surface area contributed by atoms with E-state index in [1.54, 1.807) is 23.7 Å². The van der Waals surface area contributed by atoms with Gasteiger partial charge in [-0.25, -0.2) is 9.97 Å². The summed E-state index contributed by atoms with van der Waals surface area (Å²) in [5.41, 5.74) is 2.72. The van der Waals surface area contributed by atoms with Gasteiger partial charge in [-0.1, -0.05) is 37.3 Å². The van der Waals surface area contributed by atoms with Crippen molar-refractivity contribution in [1.82, 2.24) is 9.97 Å². The first-order valence-electron chi connectivity index (χ1n) is 7.03. The van der Waals surface area contributed by atoms with Crippen molar-refractivity contribution < 1.29 is 4.79 Å². The first-order chi connectivity index (χ1) is 10.8. The molecule has 1 amide bonds. The van der Waals surface area contributed by atoms with Crippen LogP contribution in [0.15, 0.2) is 54.0 Å². The predicted molar refractivity (Wildman–Crippen MR) is 89.1 cm³/mol. The maximum absolute atomic E-state index is 12.2. The van der Waals surface area contributed by atoms with E-state index in [0.29, 0.717) is 11.5 Å². The highest BCUT2D eigenvalue weighted by molar-refractivity contribution is 7.13. The molecule has 3 rings (SSSR count). The molecule has 22 heavy (non-hydrogen) atoms. The second kappa shape index (κ2) is 6.49. The van der Waals surface area contributed by atoms with E-state index in [1.165, 1.54) is 16.9 Å². The van der Waals surface area contributed by atoms with Gasteiger partial charge in [0.05, 0.1) is 0 Å². The summed E-state index contributed by atoms with van der Waals surface area (Å²) in [6, 6.07) is 13.6. The van der Waals surface area contributed by atoms with Crippen molar-refractivity contribution in [1.29, 1.82) is 0 Å². The number of hydrogen-bond donors (Lipinski definition) is 1. The number of anilines is 1. The zero-order valence-electron chi connectivity index (χ0n) is 12.1. The zero-order valence-corrected chi connectivity index (χ0v) is 12.9. The highest BCUT2D eigenvalue weighted by atomic mass is 32.1. The third kappa shape index (κ3) is 3.20. The number of rotatable bonds is 4. The normalized spacial score (nSPS) is 10.4. The Balaban J connectivity index is 1.76. The van der Waals surface area contributed by atoms with Gasteiger partial charge in [-0.15, -0.1) is 11.3 Å². The van der Waals surface area contributed by atoms with E-state index in [1.807, 2.05) is 18.2 Å². The van der Waals surface area contributed by atoms with Crippen LogP contribution >= 0.6 is 11.3 Å². The lowest BCUT2D eigenvalue weighted by Crippen LogP contribution is -2.13. The number of carbonyl (C=O) groups is 1. The third-order valence-corrected chi connectivity index (χ3v) is 4.14. The minimum Gasteiger partial charge on any atom is -0.305 e. The van der Waals surface area contributed by atoms with Gasteiger partial charge in [-0.3, -0.25) is 4.79 Å². The number of nitrogens with zero attached hydrogens (tertiary/aromatic N) is 2. The molecule has 5 heteroatoms. The number of benzene rings is 1. The number of amides is 1. The highest BCUT2D eigenvalue weighted by Gasteiger charge is 2.12. The van der Waals surface area contributed by atoms with E-state index in [2.05, 4.69) is 34.3 Å². The molecule has 0 saturated heterocycles. The van der Waals surface area contributed by atoms with E-state index in [4.69, 9.17) is 0 Å². The van der Waals surface area contributed by atoms with Crippen LogP contribution in [0.2, 0.25) is 0 Å². The van der Waals surface area contributed by atoms with Crippen LogP contribution in [0, 0.1) is 0 Å². The van der Waals surface area contributed by atoms with Crippen molar-refractivity contribution in [2.75, 3.05) is 5.32 Å². The standard InChI is InChI=1S/C17H15N3OS/c1-2-12-6-8-13(9-7-12)17-19-14(11-22-17)16(21)20-15-5-3-4-10-18-15/h3-11H,2H2,1H3,(H,18,20,21). The number of thiazole rings is 1. The average Bonchev–Trinajstić information content (AvgIpc) is 3.06. The molecular formula is C17H15N3OS. The lowest BCUT2D eigenvalue weighted by atomic mass is 10.1. The number of carbonyl (C=O) groups excluding carboxylic acids is 1. The van der Waals surface area contributed by atoms with Crippen molar-refractivity contribution >= 4 is 23.1 Å². The molecule has 0 atom stereocenters. The second-order valence-corrected chi connectivity index (χ2v) is 5.62. The Morgan fingerprint density at radius 3 is 2.68 bits per heavy atom. The molecule has 0 saturated carbocycles. The Morgan fingerprint density at radius 1 is 1.18 bits per heavy atom. The SMILES string of the molecule is CCc1ccc(-c2nc(C(=O)Nc3ccccn3)cs2)cc1. The molecule has 4 nitrogen and oxygen atoms in total. The highest BCUT2D eigenvalue weighted by Crippen LogP contribution is 2.24. The molecule has 0 aliphatic heterocycles. The van der Waals surface area contributed by atoms with Crippen LogP contribution in [-0.4, -0.2) is 15.9 Å². The quantitative estimate of drug-likeness (QED) is 0.792. The molecule has 0 unspecified atom stereocenters. The van der Waals surface area contributed by atoms with Crippen molar-refractivity contribution in [2.24, 2.45) is 0 Å². The molecule has 0 aliphatic rings. The lowest BCUT2D eigenvalue weighted by Gasteiger charge is -2.01. The van der Waals surface area contributed by atoms with Gasteiger partial charge in [0, 0.05) is 17.1 Å². The molecule has 0 bridgehead atoms. The van der Waals surface area contributed by atoms with E-state index in [0.717, 1.165) is 17.0 Å². The molecule has 2 aromatic heterocycles. The Hall–Kier alpha value is -2.53. The smallest absolute Gasteiger partial charge is 0.276 e. The van der Waals surface area contributed by atoms with Gasteiger partial charge in [0.1, 0.15) is 16.5 Å². The van der Waals surface area contributed by atoms with Gasteiger partial charge in [0.15, 0.2) is 0 Å². The zero-order chi connectivity index (χ0) is 15.4. The molecule has 0 spiro atoms. The van der Waals surface area contributed by atoms with Crippen LogP contribution in [0.4, 0.5) is 5.82 Å². The summed E-state index contributed by atoms with van der Waals surface area (Å²) in [5, 5.41) is 5.34. The summed E-state index contributed by atoms with van der Waals surface area (Å²) in [7, 11) is 0. The van der Waals surface area contributed by atoms with Crippen LogP contribution < -0.4 is 5.32 Å². The van der Waals surface area contributed by atoms with E-state index < -0.39 is 0 Å². The van der Waals surface area contributed by atoms with Crippen molar-refractivity contribution in [3.63, 3.8) is 0 Å². The summed E-state index contributed by atoms with van der Waals surface area (Å²) in [6.45, 7) is 2.12. The maximum atomic E-state index is 12.2. The molecule has 0 fully saturated rings. The predicted octanol–water partition coefficient (Wildman–Crippen LogP) is 4.02. The molecule has 2 heterocycles. The fourth-order valence-electron chi connectivity index (χ4n) is 2.01. The number of pyridine rings is 1. The molecule has 3 aromatic rings. The van der Waals surface area contributed by atoms with Gasteiger partial charge in [-0.05, 0) is 24.1 Å². The average molecular weight is 309 g/mol. The van der Waals surface area contributed by atoms with Gasteiger partial charge in [0.2, 0.25) is 0 Å². The van der Waals surface area contributed by atoms with Gasteiger partial charge < -0.3 is 5.32 Å². The molecule has 110 valence electrons. The summed E-state index contributed by atoms with van der Waals surface area (Å²) < 4.78 is 0. The fourth-order valence-corrected chi connectivity index (χ4v) is 2.82. The van der Waals surface area contributed by atoms with Crippen LogP contribution in [0.5, 0.6) is 0 Å². The van der Waals surface area contributed by atoms with Crippen LogP contribution in [0.1, 0.15) is 23.0 Å². The maximum Gasteiger partial charge on any atom is 0.276 e. The molecule has 1 N–H and O–H groups in total. The molecule has 1 aromatic carbocycles. The fraction of sp³-hybridized carbons (Fsp3) is 0.118. The number of aromatic nitrogens is 2. The van der Waals surface area contributed by atoms with E-state index in [-0.39, 0.29) is 5.91 Å². The number of aryl methyl sites for hydroxylation is 1. The van der Waals surface area contributed by atoms with E-state index in [9.17, 15) is 4.79 Å². The van der Waals surface area contributed by atoms with Crippen LogP contribution in [0.25, 0.3) is 10.6 Å². The largest absolute Gasteiger partial charge is 0.305 e. The summed E-state index contributed by atoms with van der Waals surface area (Å²) in [4.78, 5) is 20.6. The van der Waals surface area contributed by atoms with Crippen molar-refractivity contribution in [3.05, 3.63) is 65.3 Å². The first-order valence-corrected chi connectivity index (χ1v) is 7.91. The monoisotopic (exact) mass is 309 g/mol. The van der Waals surface area contributed by atoms with Crippen LogP contribution in [-0.2, 0) is 6.42 Å². The van der Waals surface area contributed by atoms with Gasteiger partial charge in [-0.2, -0.15) is 0 Å². The number of hydrogen-bond acceptors (Lipinski definition) is 4. The molecular weight excluding hydrogens is 294 g/mol. The van der Waals surface area contributed by atoms with Crippen molar-refractivity contribution in [3.8, 4) is 10.6 Å². The molecule has 0 radical (unpaired) electrons. The Kier molecular flexibility index (Phi) is 4.25. The van der Waals surface area contributed by atoms with Crippen molar-refractivity contribution in [2.45, 2.75) is 13.3 Å². The van der Waals surface area contributed by atoms with Crippen LogP contribution in [0.3, 0.4) is 0 Å². The Labute approximate surface area is 132 Å². The number of nitrogens with one attached hydrogen (secondary N) is 1.